The molecule has 4 heteroatoms. The van der Waals surface area contributed by atoms with Gasteiger partial charge in [0.1, 0.15) is 17.4 Å². The van der Waals surface area contributed by atoms with Crippen LogP contribution in [0, 0.1) is 0 Å². The number of allylic oxidation sites excluding steroid dienone is 5. The van der Waals surface area contributed by atoms with E-state index in [0.29, 0.717) is 16.5 Å². The predicted molar refractivity (Wildman–Crippen MR) is 88.2 cm³/mol. The highest BCUT2D eigenvalue weighted by Crippen LogP contribution is 2.38. The Morgan fingerprint density at radius 2 is 1.96 bits per heavy atom. The highest BCUT2D eigenvalue weighted by molar-refractivity contribution is 6.29. The molecule has 1 atom stereocenters. The molecule has 1 aliphatic carbocycles. The van der Waals surface area contributed by atoms with Crippen molar-refractivity contribution in [2.24, 2.45) is 0 Å². The number of carbonyl (C=O) groups is 2. The lowest BCUT2D eigenvalue weighted by atomic mass is 9.95. The van der Waals surface area contributed by atoms with E-state index in [4.69, 9.17) is 0 Å². The molecule has 114 valence electrons. The van der Waals surface area contributed by atoms with E-state index in [0.717, 1.165) is 5.39 Å². The molecular weight excluding hydrogens is 290 g/mol. The standard InChI is InChI=1S/C19H15NO3/c1-3-4-8-13-11(2)17(21)15(18(13)22)16-19(23)14-9-6-5-7-12(14)10-20-16/h3-10,15,23H,1H2,2H3/b8-4-. The third-order valence-corrected chi connectivity index (χ3v) is 4.04. The van der Waals surface area contributed by atoms with Gasteiger partial charge in [0.2, 0.25) is 0 Å². The summed E-state index contributed by atoms with van der Waals surface area (Å²) in [5.41, 5.74) is 0.835. The quantitative estimate of drug-likeness (QED) is 0.698. The molecule has 0 radical (unpaired) electrons. The van der Waals surface area contributed by atoms with Gasteiger partial charge in [0, 0.05) is 28.1 Å². The molecule has 0 fully saturated rings. The van der Waals surface area contributed by atoms with Crippen molar-refractivity contribution in [1.29, 1.82) is 0 Å². The molecule has 0 saturated heterocycles. The summed E-state index contributed by atoms with van der Waals surface area (Å²) in [6.07, 6.45) is 6.29. The predicted octanol–water partition coefficient (Wildman–Crippen LogP) is 3.23. The highest BCUT2D eigenvalue weighted by Gasteiger charge is 2.41. The van der Waals surface area contributed by atoms with E-state index in [1.54, 1.807) is 37.4 Å². The fraction of sp³-hybridized carbons (Fsp3) is 0.105. The third kappa shape index (κ3) is 2.28. The SMILES string of the molecule is C=C/C=C\C1=C(C)C(=O)C(c2ncc3ccccc3c2O)C1=O. The summed E-state index contributed by atoms with van der Waals surface area (Å²) >= 11 is 0. The van der Waals surface area contributed by atoms with E-state index in [2.05, 4.69) is 11.6 Å². The number of aromatic nitrogens is 1. The molecule has 0 aliphatic heterocycles. The Bertz CT molecular complexity index is 906. The van der Waals surface area contributed by atoms with E-state index in [1.807, 2.05) is 12.1 Å². The maximum Gasteiger partial charge on any atom is 0.180 e. The maximum atomic E-state index is 12.6. The molecule has 1 aromatic heterocycles. The number of benzene rings is 1. The fourth-order valence-electron chi connectivity index (χ4n) is 2.80. The Hall–Kier alpha value is -3.01. The molecule has 1 N–H and O–H groups in total. The lowest BCUT2D eigenvalue weighted by Gasteiger charge is -2.11. The van der Waals surface area contributed by atoms with Gasteiger partial charge in [-0.3, -0.25) is 14.6 Å². The van der Waals surface area contributed by atoms with E-state index in [1.165, 1.54) is 6.08 Å². The second kappa shape index (κ2) is 5.65. The monoisotopic (exact) mass is 305 g/mol. The number of fused-ring (bicyclic) bond motifs is 1. The zero-order chi connectivity index (χ0) is 16.6. The number of hydrogen-bond donors (Lipinski definition) is 1. The minimum atomic E-state index is -1.08. The van der Waals surface area contributed by atoms with Crippen LogP contribution < -0.4 is 0 Å². The van der Waals surface area contributed by atoms with Crippen molar-refractivity contribution in [2.75, 3.05) is 0 Å². The van der Waals surface area contributed by atoms with Crippen LogP contribution in [0.4, 0.5) is 0 Å². The summed E-state index contributed by atoms with van der Waals surface area (Å²) in [5, 5.41) is 11.8. The summed E-state index contributed by atoms with van der Waals surface area (Å²) in [6, 6.07) is 7.16. The summed E-state index contributed by atoms with van der Waals surface area (Å²) in [5.74, 6) is -1.86. The van der Waals surface area contributed by atoms with Crippen molar-refractivity contribution in [3.63, 3.8) is 0 Å². The fourth-order valence-corrected chi connectivity index (χ4v) is 2.80. The lowest BCUT2D eigenvalue weighted by molar-refractivity contribution is -0.123. The second-order valence-electron chi connectivity index (χ2n) is 5.37. The second-order valence-corrected chi connectivity index (χ2v) is 5.37. The van der Waals surface area contributed by atoms with Gasteiger partial charge in [-0.25, -0.2) is 0 Å². The first-order valence-electron chi connectivity index (χ1n) is 7.21. The van der Waals surface area contributed by atoms with Gasteiger partial charge >= 0.3 is 0 Å². The first-order valence-corrected chi connectivity index (χ1v) is 7.21. The summed E-state index contributed by atoms with van der Waals surface area (Å²) in [4.78, 5) is 29.3. The molecular formula is C19H15NO3. The number of carbonyl (C=O) groups excluding carboxylic acids is 2. The Labute approximate surface area is 133 Å². The van der Waals surface area contributed by atoms with Gasteiger partial charge in [-0.15, -0.1) is 0 Å². The molecule has 23 heavy (non-hydrogen) atoms. The van der Waals surface area contributed by atoms with Crippen LogP contribution in [-0.4, -0.2) is 21.7 Å². The van der Waals surface area contributed by atoms with Gasteiger partial charge in [0.25, 0.3) is 0 Å². The molecule has 3 rings (SSSR count). The lowest BCUT2D eigenvalue weighted by Crippen LogP contribution is -2.17. The zero-order valence-corrected chi connectivity index (χ0v) is 12.6. The van der Waals surface area contributed by atoms with Gasteiger partial charge in [0.15, 0.2) is 11.6 Å². The molecule has 0 saturated carbocycles. The molecule has 0 amide bonds. The van der Waals surface area contributed by atoms with Crippen molar-refractivity contribution >= 4 is 22.3 Å². The number of hydrogen-bond acceptors (Lipinski definition) is 4. The number of nitrogens with zero attached hydrogens (tertiary/aromatic N) is 1. The van der Waals surface area contributed by atoms with E-state index in [-0.39, 0.29) is 23.0 Å². The molecule has 4 nitrogen and oxygen atoms in total. The Kier molecular flexibility index (Phi) is 3.66. The van der Waals surface area contributed by atoms with Crippen LogP contribution in [0.25, 0.3) is 10.8 Å². The van der Waals surface area contributed by atoms with Gasteiger partial charge in [-0.1, -0.05) is 49.1 Å². The Balaban J connectivity index is 2.12. The van der Waals surface area contributed by atoms with E-state index >= 15 is 0 Å². The van der Waals surface area contributed by atoms with Crippen LogP contribution in [-0.2, 0) is 9.59 Å². The minimum Gasteiger partial charge on any atom is -0.505 e. The minimum absolute atomic E-state index is 0.111. The Morgan fingerprint density at radius 1 is 1.22 bits per heavy atom. The van der Waals surface area contributed by atoms with Crippen LogP contribution in [0.15, 0.2) is 66.4 Å². The number of Topliss-reactive ketones (excluding diaryl/α,β-unsaturated/α-hetero) is 2. The molecule has 1 aliphatic rings. The van der Waals surface area contributed by atoms with Gasteiger partial charge in [-0.2, -0.15) is 0 Å². The average Bonchev–Trinajstić information content (AvgIpc) is 2.77. The van der Waals surface area contributed by atoms with Crippen LogP contribution in [0.1, 0.15) is 18.5 Å². The van der Waals surface area contributed by atoms with Gasteiger partial charge in [-0.05, 0) is 6.92 Å². The summed E-state index contributed by atoms with van der Waals surface area (Å²) in [7, 11) is 0. The summed E-state index contributed by atoms with van der Waals surface area (Å²) < 4.78 is 0. The van der Waals surface area contributed by atoms with Crippen molar-refractivity contribution in [3.05, 3.63) is 72.1 Å². The number of ketones is 2. The van der Waals surface area contributed by atoms with Crippen LogP contribution >= 0.6 is 0 Å². The molecule has 1 unspecified atom stereocenters. The third-order valence-electron chi connectivity index (χ3n) is 4.04. The molecule has 1 aromatic carbocycles. The highest BCUT2D eigenvalue weighted by atomic mass is 16.3. The van der Waals surface area contributed by atoms with Crippen molar-refractivity contribution < 1.29 is 14.7 Å². The first kappa shape index (κ1) is 14.9. The number of rotatable bonds is 3. The smallest absolute Gasteiger partial charge is 0.180 e. The zero-order valence-electron chi connectivity index (χ0n) is 12.6. The molecule has 1 heterocycles. The average molecular weight is 305 g/mol. The normalized spacial score (nSPS) is 18.4. The molecule has 0 spiro atoms. The van der Waals surface area contributed by atoms with Crippen molar-refractivity contribution in [1.82, 2.24) is 4.98 Å². The number of aromatic hydroxyl groups is 1. The molecule has 0 bridgehead atoms. The summed E-state index contributed by atoms with van der Waals surface area (Å²) in [6.45, 7) is 5.17. The van der Waals surface area contributed by atoms with Gasteiger partial charge < -0.3 is 5.11 Å². The topological polar surface area (TPSA) is 67.3 Å². The van der Waals surface area contributed by atoms with Gasteiger partial charge in [0.05, 0.1) is 0 Å². The van der Waals surface area contributed by atoms with E-state index in [9.17, 15) is 14.7 Å². The largest absolute Gasteiger partial charge is 0.505 e. The van der Waals surface area contributed by atoms with Crippen molar-refractivity contribution in [3.8, 4) is 5.75 Å². The van der Waals surface area contributed by atoms with Crippen molar-refractivity contribution in [2.45, 2.75) is 12.8 Å². The van der Waals surface area contributed by atoms with Crippen LogP contribution in [0.5, 0.6) is 5.75 Å². The van der Waals surface area contributed by atoms with E-state index < -0.39 is 5.92 Å². The van der Waals surface area contributed by atoms with Crippen LogP contribution in [0.2, 0.25) is 0 Å². The van der Waals surface area contributed by atoms with Crippen LogP contribution in [0.3, 0.4) is 0 Å². The Morgan fingerprint density at radius 3 is 2.70 bits per heavy atom. The molecule has 2 aromatic rings. The maximum absolute atomic E-state index is 12.6. The first-order chi connectivity index (χ1) is 11.1. The number of pyridine rings is 1.